The van der Waals surface area contributed by atoms with Crippen LogP contribution in [-0.2, 0) is 0 Å². The molecule has 0 saturated carbocycles. The molecule has 1 aromatic rings. The van der Waals surface area contributed by atoms with Crippen LogP contribution in [0.3, 0.4) is 0 Å². The summed E-state index contributed by atoms with van der Waals surface area (Å²) in [5.74, 6) is 0.964. The molecule has 0 aliphatic rings. The van der Waals surface area contributed by atoms with E-state index in [1.807, 2.05) is 34.4 Å². The van der Waals surface area contributed by atoms with Crippen molar-refractivity contribution in [2.75, 3.05) is 0 Å². The SMILES string of the molecule is CC(C[TeH])c1ccc(O)cc1.[H+]. The van der Waals surface area contributed by atoms with E-state index in [4.69, 9.17) is 5.11 Å². The summed E-state index contributed by atoms with van der Waals surface area (Å²) >= 11 is 1.83. The van der Waals surface area contributed by atoms with E-state index in [2.05, 4.69) is 6.92 Å². The topological polar surface area (TPSA) is 20.2 Å². The summed E-state index contributed by atoms with van der Waals surface area (Å²) in [6.45, 7) is 2.20. The maximum absolute atomic E-state index is 9.01. The average molecular weight is 265 g/mol. The van der Waals surface area contributed by atoms with Crippen molar-refractivity contribution >= 4 is 22.3 Å². The van der Waals surface area contributed by atoms with E-state index in [-0.39, 0.29) is 1.43 Å². The van der Waals surface area contributed by atoms with Gasteiger partial charge in [-0.05, 0) is 0 Å². The zero-order chi connectivity index (χ0) is 8.27. The first-order valence-corrected chi connectivity index (χ1v) is 5.44. The predicted octanol–water partition coefficient (Wildman–Crippen LogP) is 1.93. The molecule has 0 fully saturated rings. The van der Waals surface area contributed by atoms with Gasteiger partial charge in [-0.15, -0.1) is 0 Å². The van der Waals surface area contributed by atoms with Gasteiger partial charge in [-0.25, -0.2) is 0 Å². The fourth-order valence-electron chi connectivity index (χ4n) is 0.908. The van der Waals surface area contributed by atoms with Gasteiger partial charge in [-0.1, -0.05) is 0 Å². The summed E-state index contributed by atoms with van der Waals surface area (Å²) in [7, 11) is 0. The molecule has 1 rings (SSSR count). The van der Waals surface area contributed by atoms with Crippen LogP contribution in [0.25, 0.3) is 0 Å². The Morgan fingerprint density at radius 2 is 2.00 bits per heavy atom. The maximum Gasteiger partial charge on any atom is 1.00 e. The van der Waals surface area contributed by atoms with Crippen molar-refractivity contribution in [1.82, 2.24) is 0 Å². The summed E-state index contributed by atoms with van der Waals surface area (Å²) in [5.41, 5.74) is 1.31. The Morgan fingerprint density at radius 1 is 1.45 bits per heavy atom. The predicted molar refractivity (Wildman–Crippen MR) is 49.6 cm³/mol. The third-order valence-corrected chi connectivity index (χ3v) is 3.30. The van der Waals surface area contributed by atoms with E-state index in [0.717, 1.165) is 0 Å². The number of phenols is 1. The smallest absolute Gasteiger partial charge is 1.00 e. The van der Waals surface area contributed by atoms with Gasteiger partial charge in [0.15, 0.2) is 0 Å². The van der Waals surface area contributed by atoms with Crippen LogP contribution < -0.4 is 0 Å². The van der Waals surface area contributed by atoms with Crippen molar-refractivity contribution in [2.24, 2.45) is 0 Å². The van der Waals surface area contributed by atoms with Gasteiger partial charge in [0.1, 0.15) is 0 Å². The van der Waals surface area contributed by atoms with Gasteiger partial charge in [0.2, 0.25) is 0 Å². The number of hydrogen-bond acceptors (Lipinski definition) is 1. The molecule has 1 nitrogen and oxygen atoms in total. The molecule has 11 heavy (non-hydrogen) atoms. The summed E-state index contributed by atoms with van der Waals surface area (Å²) in [5, 5.41) is 9.01. The van der Waals surface area contributed by atoms with Crippen LogP contribution in [0.15, 0.2) is 24.3 Å². The van der Waals surface area contributed by atoms with Crippen molar-refractivity contribution < 1.29 is 6.53 Å². The molecule has 1 unspecified atom stereocenters. The fourth-order valence-corrected chi connectivity index (χ4v) is 1.51. The Hall–Kier alpha value is -0.190. The van der Waals surface area contributed by atoms with Gasteiger partial charge in [-0.2, -0.15) is 0 Å². The molecule has 0 amide bonds. The van der Waals surface area contributed by atoms with Crippen LogP contribution in [0.2, 0.25) is 4.47 Å². The first-order valence-electron chi connectivity index (χ1n) is 3.64. The van der Waals surface area contributed by atoms with Gasteiger partial charge in [0.25, 0.3) is 0 Å². The number of aromatic hydroxyl groups is 1. The summed E-state index contributed by atoms with van der Waals surface area (Å²) in [6, 6.07) is 7.45. The number of hydrogen-bond donors (Lipinski definition) is 1. The molecule has 0 heterocycles. The largest absolute Gasteiger partial charge is 1.00 e. The van der Waals surface area contributed by atoms with Gasteiger partial charge in [0.05, 0.1) is 0 Å². The van der Waals surface area contributed by atoms with E-state index in [0.29, 0.717) is 11.7 Å². The van der Waals surface area contributed by atoms with Gasteiger partial charge in [-0.3, -0.25) is 0 Å². The van der Waals surface area contributed by atoms with Crippen LogP contribution in [0, 0.1) is 0 Å². The van der Waals surface area contributed by atoms with Crippen LogP contribution in [-0.4, -0.2) is 27.4 Å². The van der Waals surface area contributed by atoms with E-state index < -0.39 is 0 Å². The molecule has 60 valence electrons. The second-order valence-corrected chi connectivity index (χ2v) is 3.72. The maximum atomic E-state index is 9.01. The normalized spacial score (nSPS) is 12.9. The average Bonchev–Trinajstić information content (AvgIpc) is 2.05. The standard InChI is InChI=1S/C9H12OTe/c1-7(6-11)8-2-4-9(10)5-3-8/h2-5,7,10-11H,6H2,1H3/p+1. The molecule has 2 heteroatoms. The molecule has 1 N–H and O–H groups in total. The quantitative estimate of drug-likeness (QED) is 0.810. The molecule has 1 atom stereocenters. The second-order valence-electron chi connectivity index (χ2n) is 2.68. The minimum absolute atomic E-state index is 0. The zero-order valence-electron chi connectivity index (χ0n) is 7.49. The monoisotopic (exact) mass is 267 g/mol. The van der Waals surface area contributed by atoms with Crippen molar-refractivity contribution in [3.8, 4) is 5.75 Å². The molecular weight excluding hydrogens is 252 g/mol. The van der Waals surface area contributed by atoms with Gasteiger partial charge >= 0.3 is 81.7 Å². The van der Waals surface area contributed by atoms with Crippen LogP contribution in [0.1, 0.15) is 19.8 Å². The third kappa shape index (κ3) is 2.39. The molecular formula is C9H13OTe+. The molecule has 0 saturated heterocycles. The molecule has 0 aromatic heterocycles. The van der Waals surface area contributed by atoms with Gasteiger partial charge in [0, 0.05) is 0 Å². The molecule has 1 aromatic carbocycles. The van der Waals surface area contributed by atoms with Crippen molar-refractivity contribution in [3.05, 3.63) is 29.8 Å². The Kier molecular flexibility index (Phi) is 3.23. The Bertz CT molecular complexity index is 222. The first kappa shape index (κ1) is 8.90. The van der Waals surface area contributed by atoms with Crippen LogP contribution >= 0.6 is 0 Å². The summed E-state index contributed by atoms with van der Waals surface area (Å²) < 4.78 is 1.19. The van der Waals surface area contributed by atoms with Crippen molar-refractivity contribution in [1.29, 1.82) is 0 Å². The van der Waals surface area contributed by atoms with E-state index in [9.17, 15) is 0 Å². The van der Waals surface area contributed by atoms with E-state index in [1.54, 1.807) is 12.1 Å². The zero-order valence-corrected chi connectivity index (χ0v) is 9.04. The third-order valence-electron chi connectivity index (χ3n) is 1.74. The molecule has 0 bridgehead atoms. The Morgan fingerprint density at radius 3 is 2.45 bits per heavy atom. The molecule has 0 aliphatic carbocycles. The molecule has 0 aliphatic heterocycles. The van der Waals surface area contributed by atoms with E-state index in [1.165, 1.54) is 10.0 Å². The summed E-state index contributed by atoms with van der Waals surface area (Å²) in [4.78, 5) is 0. The Labute approximate surface area is 81.8 Å². The summed E-state index contributed by atoms with van der Waals surface area (Å²) in [6.07, 6.45) is 0. The molecule has 0 radical (unpaired) electrons. The van der Waals surface area contributed by atoms with Crippen molar-refractivity contribution in [3.63, 3.8) is 0 Å². The van der Waals surface area contributed by atoms with Crippen LogP contribution in [0.4, 0.5) is 0 Å². The second kappa shape index (κ2) is 3.99. The van der Waals surface area contributed by atoms with Crippen molar-refractivity contribution in [2.45, 2.75) is 17.3 Å². The number of rotatable bonds is 2. The number of phenolic OH excluding ortho intramolecular Hbond substituents is 1. The van der Waals surface area contributed by atoms with Gasteiger partial charge < -0.3 is 0 Å². The first-order chi connectivity index (χ1) is 5.24. The van der Waals surface area contributed by atoms with Crippen LogP contribution in [0.5, 0.6) is 5.75 Å². The minimum Gasteiger partial charge on any atom is 1.00 e. The Balaban J connectivity index is 0.00000121. The fraction of sp³-hybridized carbons (Fsp3) is 0.333. The molecule has 0 spiro atoms. The minimum atomic E-state index is 0. The number of benzene rings is 1. The van der Waals surface area contributed by atoms with E-state index >= 15 is 0 Å².